The maximum Gasteiger partial charge on any atom is 0.326 e. The molecule has 3 N–H and O–H groups in total. The lowest BCUT2D eigenvalue weighted by Crippen LogP contribution is -2.54. The summed E-state index contributed by atoms with van der Waals surface area (Å²) in [5.74, 6) is -1.00. The molecule has 0 aromatic heterocycles. The summed E-state index contributed by atoms with van der Waals surface area (Å²) in [6.07, 6.45) is 3.14. The number of carboxylic acids is 1. The maximum absolute atomic E-state index is 12.5. The zero-order chi connectivity index (χ0) is 13.9. The third kappa shape index (κ3) is 3.25. The van der Waals surface area contributed by atoms with Gasteiger partial charge in [0.05, 0.1) is 12.0 Å². The summed E-state index contributed by atoms with van der Waals surface area (Å²) in [6.45, 7) is 1.87. The van der Waals surface area contributed by atoms with Gasteiger partial charge < -0.3 is 20.5 Å². The van der Waals surface area contributed by atoms with Gasteiger partial charge in [-0.05, 0) is 44.7 Å². The summed E-state index contributed by atoms with van der Waals surface area (Å²) in [5, 5.41) is 15.1. The van der Waals surface area contributed by atoms with Crippen LogP contribution in [0.15, 0.2) is 0 Å². The van der Waals surface area contributed by atoms with Crippen LogP contribution in [0.2, 0.25) is 0 Å². The molecular formula is C13H22N2O4. The Morgan fingerprint density at radius 2 is 2.05 bits per heavy atom. The molecular weight excluding hydrogens is 248 g/mol. The second-order valence-electron chi connectivity index (χ2n) is 5.59. The number of piperidine rings is 1. The molecule has 1 atom stereocenters. The van der Waals surface area contributed by atoms with Crippen molar-refractivity contribution >= 4 is 11.9 Å². The average Bonchev–Trinajstić information content (AvgIpc) is 3.21. The van der Waals surface area contributed by atoms with Crippen LogP contribution in [0, 0.1) is 11.3 Å². The second-order valence-corrected chi connectivity index (χ2v) is 5.59. The lowest BCUT2D eigenvalue weighted by Gasteiger charge is -2.36. The van der Waals surface area contributed by atoms with E-state index in [1.54, 1.807) is 7.11 Å². The number of rotatable bonds is 6. The third-order valence-corrected chi connectivity index (χ3v) is 4.11. The first kappa shape index (κ1) is 14.3. The highest BCUT2D eigenvalue weighted by atomic mass is 16.5. The first-order chi connectivity index (χ1) is 9.09. The molecule has 1 aliphatic carbocycles. The van der Waals surface area contributed by atoms with Crippen molar-refractivity contribution in [3.05, 3.63) is 0 Å². The largest absolute Gasteiger partial charge is 0.480 e. The highest BCUT2D eigenvalue weighted by molar-refractivity contribution is 5.88. The van der Waals surface area contributed by atoms with Crippen LogP contribution >= 0.6 is 0 Å². The number of methoxy groups -OCH3 is 1. The molecule has 108 valence electrons. The number of carbonyl (C=O) groups is 2. The van der Waals surface area contributed by atoms with E-state index in [-0.39, 0.29) is 11.8 Å². The highest BCUT2D eigenvalue weighted by Crippen LogP contribution is 2.35. The standard InChI is InChI=1S/C13H22N2O4/c1-19-8-13(4-6-14-7-5-13)12(18)15-10(11(16)17)9-2-3-9/h9-10,14H,2-8H2,1H3,(H,15,18)(H,16,17). The molecule has 6 heteroatoms. The molecule has 2 rings (SSSR count). The number of carboxylic acid groups (broad SMARTS) is 1. The molecule has 1 saturated carbocycles. The smallest absolute Gasteiger partial charge is 0.326 e. The fourth-order valence-corrected chi connectivity index (χ4v) is 2.72. The van der Waals surface area contributed by atoms with Crippen LogP contribution in [0.1, 0.15) is 25.7 Å². The van der Waals surface area contributed by atoms with Crippen molar-refractivity contribution in [1.29, 1.82) is 0 Å². The van der Waals surface area contributed by atoms with Gasteiger partial charge in [0.1, 0.15) is 6.04 Å². The van der Waals surface area contributed by atoms with E-state index in [1.165, 1.54) is 0 Å². The summed E-state index contributed by atoms with van der Waals surface area (Å²) in [6, 6.07) is -0.740. The second kappa shape index (κ2) is 5.88. The Morgan fingerprint density at radius 3 is 2.53 bits per heavy atom. The summed E-state index contributed by atoms with van der Waals surface area (Å²) in [4.78, 5) is 23.7. The van der Waals surface area contributed by atoms with Crippen molar-refractivity contribution < 1.29 is 19.4 Å². The monoisotopic (exact) mass is 270 g/mol. The number of aliphatic carboxylic acids is 1. The van der Waals surface area contributed by atoms with Crippen molar-refractivity contribution in [2.75, 3.05) is 26.8 Å². The minimum atomic E-state index is -0.933. The number of carbonyl (C=O) groups excluding carboxylic acids is 1. The van der Waals surface area contributed by atoms with Crippen molar-refractivity contribution in [2.45, 2.75) is 31.7 Å². The third-order valence-electron chi connectivity index (χ3n) is 4.11. The molecule has 2 fully saturated rings. The number of hydrogen-bond acceptors (Lipinski definition) is 4. The van der Waals surface area contributed by atoms with E-state index in [9.17, 15) is 14.7 Å². The molecule has 0 bridgehead atoms. The first-order valence-corrected chi connectivity index (χ1v) is 6.82. The Hall–Kier alpha value is -1.14. The Labute approximate surface area is 112 Å². The van der Waals surface area contributed by atoms with Gasteiger partial charge in [-0.2, -0.15) is 0 Å². The lowest BCUT2D eigenvalue weighted by atomic mass is 9.78. The molecule has 1 heterocycles. The normalized spacial score (nSPS) is 23.6. The van der Waals surface area contributed by atoms with Crippen LogP contribution < -0.4 is 10.6 Å². The van der Waals surface area contributed by atoms with Crippen molar-refractivity contribution in [3.8, 4) is 0 Å². The number of ether oxygens (including phenoxy) is 1. The highest BCUT2D eigenvalue weighted by Gasteiger charge is 2.44. The number of amides is 1. The van der Waals surface area contributed by atoms with Gasteiger partial charge in [0.2, 0.25) is 5.91 Å². The van der Waals surface area contributed by atoms with Crippen LogP contribution in [0.25, 0.3) is 0 Å². The zero-order valence-corrected chi connectivity index (χ0v) is 11.3. The van der Waals surface area contributed by atoms with E-state index in [0.717, 1.165) is 25.9 Å². The van der Waals surface area contributed by atoms with Gasteiger partial charge in [-0.25, -0.2) is 4.79 Å². The van der Waals surface area contributed by atoms with Gasteiger partial charge >= 0.3 is 5.97 Å². The SMILES string of the molecule is COCC1(C(=O)NC(C(=O)O)C2CC2)CCNCC1. The molecule has 1 amide bonds. The lowest BCUT2D eigenvalue weighted by molar-refractivity contribution is -0.146. The van der Waals surface area contributed by atoms with E-state index in [1.807, 2.05) is 0 Å². The summed E-state index contributed by atoms with van der Waals surface area (Å²) in [7, 11) is 1.58. The summed E-state index contributed by atoms with van der Waals surface area (Å²) in [5.41, 5.74) is -0.581. The van der Waals surface area contributed by atoms with Crippen LogP contribution in [0.3, 0.4) is 0 Å². The van der Waals surface area contributed by atoms with Gasteiger partial charge in [0, 0.05) is 7.11 Å². The molecule has 1 aliphatic heterocycles. The van der Waals surface area contributed by atoms with Gasteiger partial charge in [-0.1, -0.05) is 0 Å². The van der Waals surface area contributed by atoms with Crippen molar-refractivity contribution in [2.24, 2.45) is 11.3 Å². The molecule has 2 aliphatic rings. The van der Waals surface area contributed by atoms with E-state index >= 15 is 0 Å². The Balaban J connectivity index is 2.03. The Bertz CT molecular complexity index is 343. The molecule has 19 heavy (non-hydrogen) atoms. The van der Waals surface area contributed by atoms with Crippen molar-refractivity contribution in [3.63, 3.8) is 0 Å². The van der Waals surface area contributed by atoms with Crippen LogP contribution in [-0.4, -0.2) is 49.8 Å². The molecule has 0 aromatic carbocycles. The summed E-state index contributed by atoms with van der Waals surface area (Å²) >= 11 is 0. The topological polar surface area (TPSA) is 87.7 Å². The fourth-order valence-electron chi connectivity index (χ4n) is 2.72. The Kier molecular flexibility index (Phi) is 4.42. The Morgan fingerprint density at radius 1 is 1.42 bits per heavy atom. The molecule has 0 aromatic rings. The molecule has 0 spiro atoms. The van der Waals surface area contributed by atoms with E-state index in [0.29, 0.717) is 19.4 Å². The molecule has 6 nitrogen and oxygen atoms in total. The maximum atomic E-state index is 12.5. The van der Waals surface area contributed by atoms with E-state index in [2.05, 4.69) is 10.6 Å². The molecule has 1 saturated heterocycles. The fraction of sp³-hybridized carbons (Fsp3) is 0.846. The predicted molar refractivity (Wildman–Crippen MR) is 68.7 cm³/mol. The summed E-state index contributed by atoms with van der Waals surface area (Å²) < 4.78 is 5.19. The van der Waals surface area contributed by atoms with E-state index < -0.39 is 17.4 Å². The van der Waals surface area contributed by atoms with Crippen molar-refractivity contribution in [1.82, 2.24) is 10.6 Å². The number of nitrogens with one attached hydrogen (secondary N) is 2. The van der Waals surface area contributed by atoms with Gasteiger partial charge in [-0.15, -0.1) is 0 Å². The van der Waals surface area contributed by atoms with Crippen LogP contribution in [-0.2, 0) is 14.3 Å². The van der Waals surface area contributed by atoms with Gasteiger partial charge in [-0.3, -0.25) is 4.79 Å². The number of hydrogen-bond donors (Lipinski definition) is 3. The quantitative estimate of drug-likeness (QED) is 0.631. The van der Waals surface area contributed by atoms with E-state index in [4.69, 9.17) is 4.74 Å². The average molecular weight is 270 g/mol. The minimum absolute atomic E-state index is 0.0998. The van der Waals surface area contributed by atoms with Gasteiger partial charge in [0.25, 0.3) is 0 Å². The minimum Gasteiger partial charge on any atom is -0.480 e. The van der Waals surface area contributed by atoms with Crippen LogP contribution in [0.5, 0.6) is 0 Å². The van der Waals surface area contributed by atoms with Gasteiger partial charge in [0.15, 0.2) is 0 Å². The zero-order valence-electron chi connectivity index (χ0n) is 11.3. The first-order valence-electron chi connectivity index (χ1n) is 6.82. The molecule has 0 radical (unpaired) electrons. The molecule has 1 unspecified atom stereocenters. The predicted octanol–water partition coefficient (Wildman–Crippen LogP) is -0.0180. The van der Waals surface area contributed by atoms with Crippen LogP contribution in [0.4, 0.5) is 0 Å².